The van der Waals surface area contributed by atoms with Crippen LogP contribution in [0.2, 0.25) is 0 Å². The first-order valence-corrected chi connectivity index (χ1v) is 12.1. The molecule has 0 spiro atoms. The van der Waals surface area contributed by atoms with Gasteiger partial charge in [0.05, 0.1) is 5.88 Å². The third-order valence-electron chi connectivity index (χ3n) is 5.12. The van der Waals surface area contributed by atoms with Gasteiger partial charge in [-0.3, -0.25) is 4.79 Å². The van der Waals surface area contributed by atoms with Crippen molar-refractivity contribution in [1.29, 1.82) is 0 Å². The van der Waals surface area contributed by atoms with Gasteiger partial charge in [0.15, 0.2) is 0 Å². The van der Waals surface area contributed by atoms with Crippen molar-refractivity contribution in [2.75, 3.05) is 5.88 Å². The van der Waals surface area contributed by atoms with Crippen molar-refractivity contribution in [2.24, 2.45) is 0 Å². The Morgan fingerprint density at radius 3 is 1.42 bits per heavy atom. The Kier molecular flexibility index (Phi) is 22.5. The van der Waals surface area contributed by atoms with Crippen LogP contribution in [-0.4, -0.2) is 11.7 Å². The van der Waals surface area contributed by atoms with E-state index in [-0.39, 0.29) is 11.7 Å². The molecule has 0 rings (SSSR count). The van der Waals surface area contributed by atoms with E-state index in [1.807, 2.05) is 0 Å². The molecule has 1 nitrogen and oxygen atoms in total. The summed E-state index contributed by atoms with van der Waals surface area (Å²) in [5.74, 6) is 0.387. The van der Waals surface area contributed by atoms with E-state index < -0.39 is 0 Å². The van der Waals surface area contributed by atoms with Crippen molar-refractivity contribution in [3.8, 4) is 0 Å². The highest BCUT2D eigenvalue weighted by Gasteiger charge is 1.98. The molecule has 0 aromatic rings. The van der Waals surface area contributed by atoms with Gasteiger partial charge in [-0.05, 0) is 32.1 Å². The molecule has 0 heterocycles. The minimum Gasteiger partial charge on any atom is -0.298 e. The summed E-state index contributed by atoms with van der Waals surface area (Å²) in [6.45, 7) is 2.28. The maximum Gasteiger partial charge on any atom is 0.147 e. The average molecular weight is 385 g/mol. The molecule has 0 saturated carbocycles. The van der Waals surface area contributed by atoms with E-state index in [9.17, 15) is 4.79 Å². The van der Waals surface area contributed by atoms with Crippen molar-refractivity contribution >= 4 is 17.4 Å². The van der Waals surface area contributed by atoms with Crippen LogP contribution in [0, 0.1) is 0 Å². The van der Waals surface area contributed by atoms with Crippen LogP contribution in [0.5, 0.6) is 0 Å². The first-order valence-electron chi connectivity index (χ1n) is 11.5. The standard InChI is InChI=1S/C24H45ClO/c1-2-3-4-5-6-7-8-9-10-11-12-13-14-15-16-17-18-19-20-21-22-24(26)23-25/h9-10H,2-8,11-23H2,1H3/b10-9-. The molecule has 0 unspecified atom stereocenters. The lowest BCUT2D eigenvalue weighted by atomic mass is 10.0. The summed E-state index contributed by atoms with van der Waals surface area (Å²) in [6, 6.07) is 0. The van der Waals surface area contributed by atoms with Crippen LogP contribution in [-0.2, 0) is 4.79 Å². The van der Waals surface area contributed by atoms with Gasteiger partial charge >= 0.3 is 0 Å². The van der Waals surface area contributed by atoms with Crippen LogP contribution in [0.1, 0.15) is 129 Å². The lowest BCUT2D eigenvalue weighted by Gasteiger charge is -2.02. The topological polar surface area (TPSA) is 17.1 Å². The summed E-state index contributed by atoms with van der Waals surface area (Å²) in [4.78, 5) is 11.1. The van der Waals surface area contributed by atoms with E-state index in [1.54, 1.807) is 0 Å². The van der Waals surface area contributed by atoms with Crippen molar-refractivity contribution in [1.82, 2.24) is 0 Å². The van der Waals surface area contributed by atoms with E-state index in [0.29, 0.717) is 6.42 Å². The molecule has 0 amide bonds. The summed E-state index contributed by atoms with van der Waals surface area (Å²) < 4.78 is 0. The van der Waals surface area contributed by atoms with Gasteiger partial charge in [0, 0.05) is 6.42 Å². The smallest absolute Gasteiger partial charge is 0.147 e. The zero-order valence-corrected chi connectivity index (χ0v) is 18.3. The number of carbonyl (C=O) groups is 1. The second kappa shape index (κ2) is 22.7. The van der Waals surface area contributed by atoms with Crippen LogP contribution in [0.4, 0.5) is 0 Å². The minimum atomic E-state index is 0.189. The lowest BCUT2D eigenvalue weighted by molar-refractivity contribution is -0.116. The molecule has 0 N–H and O–H groups in total. The first-order chi connectivity index (χ1) is 12.8. The summed E-state index contributed by atoms with van der Waals surface area (Å²) in [5, 5.41) is 0. The number of unbranched alkanes of at least 4 members (excludes halogenated alkanes) is 16. The van der Waals surface area contributed by atoms with Crippen LogP contribution in [0.15, 0.2) is 12.2 Å². The fraction of sp³-hybridized carbons (Fsp3) is 0.875. The lowest BCUT2D eigenvalue weighted by Crippen LogP contribution is -1.98. The number of Topliss-reactive ketones (excluding diaryl/α,β-unsaturated/α-hetero) is 1. The Hall–Kier alpha value is -0.300. The van der Waals surface area contributed by atoms with E-state index in [4.69, 9.17) is 11.6 Å². The molecule has 2 heteroatoms. The first kappa shape index (κ1) is 25.7. The number of hydrogen-bond donors (Lipinski definition) is 0. The maximum absolute atomic E-state index is 11.1. The molecule has 0 atom stereocenters. The van der Waals surface area contributed by atoms with Crippen molar-refractivity contribution in [3.63, 3.8) is 0 Å². The molecule has 0 radical (unpaired) electrons. The van der Waals surface area contributed by atoms with Gasteiger partial charge in [0.2, 0.25) is 0 Å². The highest BCUT2D eigenvalue weighted by atomic mass is 35.5. The molecule has 154 valence electrons. The Balaban J connectivity index is 3.08. The minimum absolute atomic E-state index is 0.189. The molecule has 0 aliphatic rings. The molecule has 26 heavy (non-hydrogen) atoms. The van der Waals surface area contributed by atoms with E-state index in [2.05, 4.69) is 19.1 Å². The quantitative estimate of drug-likeness (QED) is 0.110. The Morgan fingerprint density at radius 1 is 0.615 bits per heavy atom. The van der Waals surface area contributed by atoms with Crippen LogP contribution >= 0.6 is 11.6 Å². The van der Waals surface area contributed by atoms with Gasteiger partial charge in [-0.25, -0.2) is 0 Å². The fourth-order valence-electron chi connectivity index (χ4n) is 3.34. The molecular formula is C24H45ClO. The number of allylic oxidation sites excluding steroid dienone is 2. The number of halogens is 1. The normalized spacial score (nSPS) is 11.5. The summed E-state index contributed by atoms with van der Waals surface area (Å²) in [5.41, 5.74) is 0. The summed E-state index contributed by atoms with van der Waals surface area (Å²) >= 11 is 5.49. The average Bonchev–Trinajstić information content (AvgIpc) is 2.66. The SMILES string of the molecule is CCCCCCCC/C=C\CCCCCCCCCCCCC(=O)CCl. The van der Waals surface area contributed by atoms with Gasteiger partial charge in [-0.15, -0.1) is 11.6 Å². The third-order valence-corrected chi connectivity index (χ3v) is 5.41. The Labute approximate surface area is 169 Å². The monoisotopic (exact) mass is 384 g/mol. The van der Waals surface area contributed by atoms with Gasteiger partial charge in [-0.2, -0.15) is 0 Å². The van der Waals surface area contributed by atoms with Gasteiger partial charge in [0.1, 0.15) is 5.78 Å². The second-order valence-corrected chi connectivity index (χ2v) is 8.04. The Morgan fingerprint density at radius 2 is 1.00 bits per heavy atom. The maximum atomic E-state index is 11.1. The highest BCUT2D eigenvalue weighted by Crippen LogP contribution is 2.13. The molecule has 0 aliphatic heterocycles. The largest absolute Gasteiger partial charge is 0.298 e. The number of alkyl halides is 1. The van der Waals surface area contributed by atoms with Gasteiger partial charge in [-0.1, -0.05) is 103 Å². The molecule has 0 fully saturated rings. The van der Waals surface area contributed by atoms with Crippen molar-refractivity contribution in [3.05, 3.63) is 12.2 Å². The third kappa shape index (κ3) is 21.7. The van der Waals surface area contributed by atoms with Crippen LogP contribution < -0.4 is 0 Å². The molecule has 0 saturated heterocycles. The van der Waals surface area contributed by atoms with Crippen LogP contribution in [0.3, 0.4) is 0 Å². The summed E-state index contributed by atoms with van der Waals surface area (Å²) in [6.07, 6.45) is 29.6. The van der Waals surface area contributed by atoms with Gasteiger partial charge in [0.25, 0.3) is 0 Å². The molecule has 0 bridgehead atoms. The zero-order valence-electron chi connectivity index (χ0n) is 17.6. The number of carbonyl (C=O) groups excluding carboxylic acids is 1. The molecule has 0 aromatic heterocycles. The zero-order chi connectivity index (χ0) is 19.1. The van der Waals surface area contributed by atoms with Crippen LogP contribution in [0.25, 0.3) is 0 Å². The highest BCUT2D eigenvalue weighted by molar-refractivity contribution is 6.27. The van der Waals surface area contributed by atoms with E-state index in [1.165, 1.54) is 109 Å². The number of rotatable bonds is 21. The Bertz CT molecular complexity index is 311. The van der Waals surface area contributed by atoms with Gasteiger partial charge < -0.3 is 0 Å². The molecular weight excluding hydrogens is 340 g/mol. The molecule has 0 aliphatic carbocycles. The predicted octanol–water partition coefficient (Wildman–Crippen LogP) is 8.78. The second-order valence-electron chi connectivity index (χ2n) is 7.77. The number of hydrogen-bond acceptors (Lipinski definition) is 1. The fourth-order valence-corrected chi connectivity index (χ4v) is 3.48. The molecule has 0 aromatic carbocycles. The van der Waals surface area contributed by atoms with E-state index >= 15 is 0 Å². The summed E-state index contributed by atoms with van der Waals surface area (Å²) in [7, 11) is 0. The number of ketones is 1. The van der Waals surface area contributed by atoms with Crippen molar-refractivity contribution < 1.29 is 4.79 Å². The van der Waals surface area contributed by atoms with Crippen molar-refractivity contribution in [2.45, 2.75) is 129 Å². The predicted molar refractivity (Wildman–Crippen MR) is 118 cm³/mol. The van der Waals surface area contributed by atoms with E-state index in [0.717, 1.165) is 6.42 Å².